The Morgan fingerprint density at radius 2 is 2.10 bits per heavy atom. The molecule has 1 N–H and O–H groups in total. The lowest BCUT2D eigenvalue weighted by molar-refractivity contribution is 0.0729. The molecule has 1 aromatic carbocycles. The van der Waals surface area contributed by atoms with Crippen molar-refractivity contribution < 1.29 is 22.7 Å². The van der Waals surface area contributed by atoms with Gasteiger partial charge in [-0.15, -0.1) is 22.7 Å². The third kappa shape index (κ3) is 4.80. The topological polar surface area (TPSA) is 97.8 Å². The fraction of sp³-hybridized carbons (Fsp3) is 0.300. The number of thiazole rings is 1. The fourth-order valence-electron chi connectivity index (χ4n) is 3.07. The highest BCUT2D eigenvalue weighted by atomic mass is 32.2. The first kappa shape index (κ1) is 21.9. The van der Waals surface area contributed by atoms with Crippen molar-refractivity contribution in [3.05, 3.63) is 46.8 Å². The Balaban J connectivity index is 1.59. The van der Waals surface area contributed by atoms with Gasteiger partial charge in [0.2, 0.25) is 10.0 Å². The van der Waals surface area contributed by atoms with Gasteiger partial charge in [0.25, 0.3) is 5.91 Å². The van der Waals surface area contributed by atoms with E-state index in [1.807, 2.05) is 17.5 Å². The molecule has 3 heterocycles. The predicted octanol–water partition coefficient (Wildman–Crippen LogP) is 3.54. The largest absolute Gasteiger partial charge is 0.492 e. The van der Waals surface area contributed by atoms with E-state index >= 15 is 0 Å². The molecule has 0 radical (unpaired) electrons. The van der Waals surface area contributed by atoms with Gasteiger partial charge in [-0.1, -0.05) is 6.07 Å². The number of sulfonamides is 1. The molecule has 4 rings (SSSR count). The summed E-state index contributed by atoms with van der Waals surface area (Å²) in [5, 5.41) is 5.49. The van der Waals surface area contributed by atoms with E-state index in [9.17, 15) is 13.2 Å². The third-order valence-corrected chi connectivity index (χ3v) is 8.51. The van der Waals surface area contributed by atoms with Gasteiger partial charge in [-0.05, 0) is 36.6 Å². The number of nitrogens with zero attached hydrogens (tertiary/aromatic N) is 2. The summed E-state index contributed by atoms with van der Waals surface area (Å²) in [7, 11) is -3.79. The number of rotatable bonds is 7. The van der Waals surface area contributed by atoms with Gasteiger partial charge in [-0.2, -0.15) is 4.31 Å². The van der Waals surface area contributed by atoms with E-state index in [0.29, 0.717) is 30.4 Å². The Hall–Kier alpha value is -2.31. The van der Waals surface area contributed by atoms with E-state index in [1.54, 1.807) is 30.4 Å². The number of ether oxygens (including phenoxy) is 2. The van der Waals surface area contributed by atoms with Crippen molar-refractivity contribution in [2.24, 2.45) is 0 Å². The van der Waals surface area contributed by atoms with Crippen molar-refractivity contribution in [2.75, 3.05) is 38.2 Å². The van der Waals surface area contributed by atoms with Gasteiger partial charge in [0.1, 0.15) is 20.5 Å². The molecule has 1 aliphatic heterocycles. The van der Waals surface area contributed by atoms with E-state index in [1.165, 1.54) is 27.9 Å². The Morgan fingerprint density at radius 3 is 2.81 bits per heavy atom. The molecular formula is C20H21N3O5S3. The van der Waals surface area contributed by atoms with Crippen LogP contribution in [-0.2, 0) is 14.8 Å². The van der Waals surface area contributed by atoms with Crippen LogP contribution in [-0.4, -0.2) is 56.5 Å². The van der Waals surface area contributed by atoms with Crippen LogP contribution in [0.3, 0.4) is 0 Å². The second kappa shape index (κ2) is 9.45. The average Bonchev–Trinajstić information content (AvgIpc) is 3.47. The summed E-state index contributed by atoms with van der Waals surface area (Å²) >= 11 is 2.84. The minimum atomic E-state index is -3.79. The smallest absolute Gasteiger partial charge is 0.267 e. The number of hydrogen-bond acceptors (Lipinski definition) is 8. The van der Waals surface area contributed by atoms with Gasteiger partial charge < -0.3 is 14.8 Å². The number of benzene rings is 1. The van der Waals surface area contributed by atoms with Crippen LogP contribution in [0.25, 0.3) is 9.88 Å². The molecule has 0 atom stereocenters. The Morgan fingerprint density at radius 1 is 1.29 bits per heavy atom. The molecule has 11 heteroatoms. The van der Waals surface area contributed by atoms with Crippen LogP contribution < -0.4 is 10.1 Å². The van der Waals surface area contributed by atoms with Gasteiger partial charge >= 0.3 is 0 Å². The lowest BCUT2D eigenvalue weighted by atomic mass is 10.3. The minimum Gasteiger partial charge on any atom is -0.492 e. The van der Waals surface area contributed by atoms with E-state index in [2.05, 4.69) is 10.3 Å². The molecule has 164 valence electrons. The molecule has 8 nitrogen and oxygen atoms in total. The number of nitrogens with one attached hydrogen (secondary N) is 1. The SMILES string of the molecule is CCOc1ccc(NC(=O)c2cnc(-c3cccs3)s2)cc1S(=O)(=O)N1CCOCC1. The maximum absolute atomic E-state index is 13.2. The molecule has 1 aliphatic rings. The highest BCUT2D eigenvalue weighted by Gasteiger charge is 2.30. The maximum atomic E-state index is 13.2. The van der Waals surface area contributed by atoms with Gasteiger partial charge in [0.05, 0.1) is 30.9 Å². The predicted molar refractivity (Wildman–Crippen MR) is 121 cm³/mol. The Kier molecular flexibility index (Phi) is 6.68. The Bertz CT molecular complexity index is 1150. The second-order valence-electron chi connectivity index (χ2n) is 6.57. The van der Waals surface area contributed by atoms with E-state index in [4.69, 9.17) is 9.47 Å². The number of carbonyl (C=O) groups excluding carboxylic acids is 1. The monoisotopic (exact) mass is 479 g/mol. The maximum Gasteiger partial charge on any atom is 0.267 e. The summed E-state index contributed by atoms with van der Waals surface area (Å²) in [4.78, 5) is 18.5. The van der Waals surface area contributed by atoms with E-state index < -0.39 is 10.0 Å². The highest BCUT2D eigenvalue weighted by molar-refractivity contribution is 7.89. The van der Waals surface area contributed by atoms with Crippen LogP contribution in [0.1, 0.15) is 16.6 Å². The molecule has 31 heavy (non-hydrogen) atoms. The van der Waals surface area contributed by atoms with Crippen molar-refractivity contribution in [1.82, 2.24) is 9.29 Å². The number of anilines is 1. The van der Waals surface area contributed by atoms with E-state index in [0.717, 1.165) is 9.88 Å². The molecule has 1 amide bonds. The molecule has 0 unspecified atom stereocenters. The van der Waals surface area contributed by atoms with Crippen LogP contribution in [0.2, 0.25) is 0 Å². The van der Waals surface area contributed by atoms with Crippen LogP contribution in [0, 0.1) is 0 Å². The molecule has 1 saturated heterocycles. The summed E-state index contributed by atoms with van der Waals surface area (Å²) in [5.74, 6) is -0.0936. The van der Waals surface area contributed by atoms with Crippen molar-refractivity contribution in [1.29, 1.82) is 0 Å². The Labute approximate surface area is 188 Å². The summed E-state index contributed by atoms with van der Waals surface area (Å²) in [6, 6.07) is 8.51. The molecule has 1 fully saturated rings. The number of amides is 1. The summed E-state index contributed by atoms with van der Waals surface area (Å²) in [5.41, 5.74) is 0.367. The van der Waals surface area contributed by atoms with Crippen LogP contribution >= 0.6 is 22.7 Å². The summed E-state index contributed by atoms with van der Waals surface area (Å²) in [6.45, 7) is 3.35. The first-order valence-corrected chi connectivity index (χ1v) is 12.8. The van der Waals surface area contributed by atoms with Gasteiger partial charge in [-0.25, -0.2) is 13.4 Å². The lowest BCUT2D eigenvalue weighted by Crippen LogP contribution is -2.40. The van der Waals surface area contributed by atoms with Crippen LogP contribution in [0.15, 0.2) is 46.8 Å². The van der Waals surface area contributed by atoms with Gasteiger partial charge in [0.15, 0.2) is 0 Å². The van der Waals surface area contributed by atoms with Crippen molar-refractivity contribution in [3.8, 4) is 15.6 Å². The molecular weight excluding hydrogens is 458 g/mol. The van der Waals surface area contributed by atoms with Crippen LogP contribution in [0.4, 0.5) is 5.69 Å². The number of carbonyl (C=O) groups is 1. The average molecular weight is 480 g/mol. The zero-order valence-electron chi connectivity index (χ0n) is 16.7. The van der Waals surface area contributed by atoms with E-state index in [-0.39, 0.29) is 29.6 Å². The molecule has 0 aliphatic carbocycles. The molecule has 3 aromatic rings. The fourth-order valence-corrected chi connectivity index (χ4v) is 6.25. The third-order valence-electron chi connectivity index (χ3n) is 4.55. The molecule has 0 bridgehead atoms. The second-order valence-corrected chi connectivity index (χ2v) is 10.5. The molecule has 0 spiro atoms. The first-order chi connectivity index (χ1) is 15.0. The van der Waals surface area contributed by atoms with Crippen molar-refractivity contribution >= 4 is 44.3 Å². The summed E-state index contributed by atoms with van der Waals surface area (Å²) < 4.78 is 38.6. The number of morpholine rings is 1. The summed E-state index contributed by atoms with van der Waals surface area (Å²) in [6.07, 6.45) is 1.52. The molecule has 2 aromatic heterocycles. The van der Waals surface area contributed by atoms with Crippen molar-refractivity contribution in [2.45, 2.75) is 11.8 Å². The molecule has 0 saturated carbocycles. The standard InChI is InChI=1S/C20H21N3O5S3/c1-2-28-15-6-5-14(12-18(15)31(25,26)23-7-9-27-10-8-23)22-19(24)17-13-21-20(30-17)16-4-3-11-29-16/h3-6,11-13H,2,7-10H2,1H3,(H,22,24). The number of aromatic nitrogens is 1. The zero-order chi connectivity index (χ0) is 21.8. The number of hydrogen-bond donors (Lipinski definition) is 1. The first-order valence-electron chi connectivity index (χ1n) is 9.65. The lowest BCUT2D eigenvalue weighted by Gasteiger charge is -2.27. The zero-order valence-corrected chi connectivity index (χ0v) is 19.2. The van der Waals surface area contributed by atoms with Gasteiger partial charge in [-0.3, -0.25) is 4.79 Å². The van der Waals surface area contributed by atoms with Gasteiger partial charge in [0, 0.05) is 18.8 Å². The number of thiophene rings is 1. The highest BCUT2D eigenvalue weighted by Crippen LogP contribution is 2.32. The van der Waals surface area contributed by atoms with Crippen LogP contribution in [0.5, 0.6) is 5.75 Å². The van der Waals surface area contributed by atoms with Crippen molar-refractivity contribution in [3.63, 3.8) is 0 Å². The quantitative estimate of drug-likeness (QED) is 0.557. The normalized spacial score (nSPS) is 15.0. The minimum absolute atomic E-state index is 0.0256.